The smallest absolute Gasteiger partial charge is 0.188 e. The molecule has 0 fully saturated rings. The molecule has 2 atom stereocenters. The van der Waals surface area contributed by atoms with Gasteiger partial charge in [-0.3, -0.25) is 0 Å². The molecule has 0 saturated heterocycles. The molecule has 0 N–H and O–H groups in total. The van der Waals surface area contributed by atoms with Crippen LogP contribution in [0.3, 0.4) is 0 Å². The lowest BCUT2D eigenvalue weighted by Crippen LogP contribution is -2.23. The Bertz CT molecular complexity index is 79.3. The van der Waals surface area contributed by atoms with Crippen LogP contribution in [0, 0.1) is 5.92 Å². The highest BCUT2D eigenvalue weighted by Gasteiger charge is 2.13. The van der Waals surface area contributed by atoms with Gasteiger partial charge in [-0.15, -0.1) is 0 Å². The molecule has 0 bridgehead atoms. The molecule has 0 amide bonds. The van der Waals surface area contributed by atoms with Crippen LogP contribution in [-0.2, 0) is 9.84 Å². The van der Waals surface area contributed by atoms with E-state index in [4.69, 9.17) is 4.74 Å². The topological polar surface area (TPSA) is 29.1 Å². The average Bonchev–Trinajstić information content (AvgIpc) is 1.81. The van der Waals surface area contributed by atoms with E-state index in [9.17, 15) is 5.11 Å². The first-order valence-corrected chi connectivity index (χ1v) is 3.89. The summed E-state index contributed by atoms with van der Waals surface area (Å²) in [6.45, 7) is 7.70. The van der Waals surface area contributed by atoms with Crippen LogP contribution in [0.15, 0.2) is 0 Å². The Balaban J connectivity index is 3.60. The molecule has 10 heavy (non-hydrogen) atoms. The predicted molar refractivity (Wildman–Crippen MR) is 40.2 cm³/mol. The minimum Gasteiger partial charge on any atom is -0.346 e. The fraction of sp³-hybridized carbons (Fsp3) is 1.00. The van der Waals surface area contributed by atoms with Gasteiger partial charge in [-0.1, -0.05) is 20.8 Å². The molecule has 2 nitrogen and oxygen atoms in total. The highest BCUT2D eigenvalue weighted by Crippen LogP contribution is 2.11. The van der Waals surface area contributed by atoms with Crippen molar-refractivity contribution >= 4 is 0 Å². The van der Waals surface area contributed by atoms with Gasteiger partial charge in [0.25, 0.3) is 0 Å². The lowest BCUT2D eigenvalue weighted by molar-refractivity contribution is -0.169. The maximum atomic E-state index is 10.6. The molecule has 2 unspecified atom stereocenters. The van der Waals surface area contributed by atoms with Gasteiger partial charge in [-0.2, -0.15) is 0 Å². The van der Waals surface area contributed by atoms with Crippen LogP contribution >= 0.6 is 0 Å². The largest absolute Gasteiger partial charge is 0.346 e. The van der Waals surface area contributed by atoms with Crippen molar-refractivity contribution in [3.63, 3.8) is 0 Å². The molecule has 61 valence electrons. The molecule has 0 aliphatic carbocycles. The minimum atomic E-state index is -0.882. The summed E-state index contributed by atoms with van der Waals surface area (Å²) in [7, 11) is 0. The Morgan fingerprint density at radius 2 is 1.80 bits per heavy atom. The molecule has 0 spiro atoms. The van der Waals surface area contributed by atoms with E-state index in [1.54, 1.807) is 0 Å². The van der Waals surface area contributed by atoms with Crippen molar-refractivity contribution < 1.29 is 9.84 Å². The molecular formula is C8H17O2. The number of ether oxygens (including phenoxy) is 1. The van der Waals surface area contributed by atoms with Crippen molar-refractivity contribution in [2.24, 2.45) is 5.92 Å². The monoisotopic (exact) mass is 145 g/mol. The Hall–Kier alpha value is -0.0800. The standard InChI is InChI=1S/C8H17O2/c1-5-8(6(2)3)10-7(4)9/h6-8H,5H2,1-4H3. The SMILES string of the molecule is CCC(OC(C)[O])C(C)C. The third-order valence-corrected chi connectivity index (χ3v) is 1.51. The van der Waals surface area contributed by atoms with Crippen molar-refractivity contribution in [3.8, 4) is 0 Å². The fourth-order valence-electron chi connectivity index (χ4n) is 0.971. The summed E-state index contributed by atoms with van der Waals surface area (Å²) < 4.78 is 5.11. The van der Waals surface area contributed by atoms with Crippen LogP contribution in [0.5, 0.6) is 0 Å². The molecule has 0 aromatic rings. The first-order chi connectivity index (χ1) is 4.57. The summed E-state index contributed by atoms with van der Waals surface area (Å²) in [4.78, 5) is 0. The molecule has 0 aromatic heterocycles. The molecule has 2 heteroatoms. The highest BCUT2D eigenvalue weighted by atomic mass is 16.6. The Morgan fingerprint density at radius 1 is 1.30 bits per heavy atom. The average molecular weight is 145 g/mol. The molecule has 0 aromatic carbocycles. The molecule has 0 aliphatic rings. The molecule has 1 radical (unpaired) electrons. The van der Waals surface area contributed by atoms with Gasteiger partial charge in [0, 0.05) is 0 Å². The van der Waals surface area contributed by atoms with Gasteiger partial charge in [0.15, 0.2) is 6.29 Å². The predicted octanol–water partition coefficient (Wildman–Crippen LogP) is 2.21. The Labute approximate surface area is 63.2 Å². The van der Waals surface area contributed by atoms with Crippen LogP contribution in [0.25, 0.3) is 0 Å². The van der Waals surface area contributed by atoms with Crippen molar-refractivity contribution in [2.75, 3.05) is 0 Å². The number of hydrogen-bond acceptors (Lipinski definition) is 1. The lowest BCUT2D eigenvalue weighted by atomic mass is 10.1. The molecule has 0 heterocycles. The summed E-state index contributed by atoms with van der Waals surface area (Å²) in [6.07, 6.45) is 0.171. The number of rotatable bonds is 4. The second-order valence-electron chi connectivity index (χ2n) is 2.89. The third-order valence-electron chi connectivity index (χ3n) is 1.51. The third kappa shape index (κ3) is 3.85. The van der Waals surface area contributed by atoms with Crippen LogP contribution < -0.4 is 0 Å². The Kier molecular flexibility index (Phi) is 4.65. The first kappa shape index (κ1) is 9.92. The zero-order valence-corrected chi connectivity index (χ0v) is 7.26. The molecular weight excluding hydrogens is 128 g/mol. The number of hydrogen-bond donors (Lipinski definition) is 0. The van der Waals surface area contributed by atoms with E-state index in [1.807, 2.05) is 6.92 Å². The summed E-state index contributed by atoms with van der Waals surface area (Å²) in [5.74, 6) is 0.446. The fourth-order valence-corrected chi connectivity index (χ4v) is 0.971. The van der Waals surface area contributed by atoms with Gasteiger partial charge in [-0.05, 0) is 19.3 Å². The molecule has 0 rings (SSSR count). The van der Waals surface area contributed by atoms with Crippen molar-refractivity contribution in [3.05, 3.63) is 0 Å². The summed E-state index contributed by atoms with van der Waals surface area (Å²) in [5, 5.41) is 10.6. The van der Waals surface area contributed by atoms with Gasteiger partial charge in [0.2, 0.25) is 0 Å². The van der Waals surface area contributed by atoms with Crippen molar-refractivity contribution in [1.29, 1.82) is 0 Å². The van der Waals surface area contributed by atoms with Gasteiger partial charge in [-0.25, -0.2) is 5.11 Å². The maximum absolute atomic E-state index is 10.6. The second kappa shape index (κ2) is 4.69. The van der Waals surface area contributed by atoms with Crippen molar-refractivity contribution in [1.82, 2.24) is 0 Å². The minimum absolute atomic E-state index is 0.132. The van der Waals surface area contributed by atoms with E-state index >= 15 is 0 Å². The van der Waals surface area contributed by atoms with Crippen molar-refractivity contribution in [2.45, 2.75) is 46.5 Å². The Morgan fingerprint density at radius 3 is 1.90 bits per heavy atom. The maximum Gasteiger partial charge on any atom is 0.188 e. The first-order valence-electron chi connectivity index (χ1n) is 3.89. The summed E-state index contributed by atoms with van der Waals surface area (Å²) in [6, 6.07) is 0. The zero-order chi connectivity index (χ0) is 8.15. The second-order valence-corrected chi connectivity index (χ2v) is 2.89. The van der Waals surface area contributed by atoms with Gasteiger partial charge < -0.3 is 4.74 Å². The van der Waals surface area contributed by atoms with Gasteiger partial charge >= 0.3 is 0 Å². The van der Waals surface area contributed by atoms with E-state index < -0.39 is 6.29 Å². The van der Waals surface area contributed by atoms with Gasteiger partial charge in [0.05, 0.1) is 6.10 Å². The van der Waals surface area contributed by atoms with Crippen LogP contribution in [0.2, 0.25) is 0 Å². The van der Waals surface area contributed by atoms with Gasteiger partial charge in [0.1, 0.15) is 0 Å². The summed E-state index contributed by atoms with van der Waals surface area (Å²) >= 11 is 0. The molecule has 0 saturated carbocycles. The normalized spacial score (nSPS) is 17.4. The van der Waals surface area contributed by atoms with Crippen LogP contribution in [0.1, 0.15) is 34.1 Å². The van der Waals surface area contributed by atoms with E-state index in [-0.39, 0.29) is 6.10 Å². The van der Waals surface area contributed by atoms with Crippen LogP contribution in [0.4, 0.5) is 0 Å². The lowest BCUT2D eigenvalue weighted by Gasteiger charge is -2.20. The van der Waals surface area contributed by atoms with E-state index in [0.717, 1.165) is 6.42 Å². The quantitative estimate of drug-likeness (QED) is 0.557. The van der Waals surface area contributed by atoms with E-state index in [2.05, 4.69) is 13.8 Å². The van der Waals surface area contributed by atoms with Crippen LogP contribution in [-0.4, -0.2) is 12.4 Å². The summed E-state index contributed by atoms with van der Waals surface area (Å²) in [5.41, 5.74) is 0. The highest BCUT2D eigenvalue weighted by molar-refractivity contribution is 4.59. The molecule has 0 aliphatic heterocycles. The zero-order valence-electron chi connectivity index (χ0n) is 7.26. The van der Waals surface area contributed by atoms with E-state index in [1.165, 1.54) is 6.92 Å². The van der Waals surface area contributed by atoms with E-state index in [0.29, 0.717) is 5.92 Å².